The Kier molecular flexibility index (Phi) is 6.78. The van der Waals surface area contributed by atoms with Crippen LogP contribution in [0, 0.1) is 10.1 Å². The molecule has 0 bridgehead atoms. The standard InChI is InChI=1S/C26H22N4O4/c31-25(19-6-2-1-3-7-19)29-24(16-18-10-12-21(13-11-18)30(33)34)26(32)27-15-14-20-17-28-23-9-5-4-8-22(20)23/h1-13,16-17,28H,14-15H2,(H,27,32)(H,29,31)/b24-16-. The van der Waals surface area contributed by atoms with Crippen molar-refractivity contribution in [2.24, 2.45) is 0 Å². The third-order valence-corrected chi connectivity index (χ3v) is 5.30. The van der Waals surface area contributed by atoms with E-state index in [4.69, 9.17) is 0 Å². The number of non-ortho nitro benzene ring substituents is 1. The summed E-state index contributed by atoms with van der Waals surface area (Å²) in [5, 5.41) is 17.5. The molecule has 8 heteroatoms. The summed E-state index contributed by atoms with van der Waals surface area (Å²) >= 11 is 0. The van der Waals surface area contributed by atoms with Crippen LogP contribution >= 0.6 is 0 Å². The van der Waals surface area contributed by atoms with Crippen LogP contribution in [0.25, 0.3) is 17.0 Å². The van der Waals surface area contributed by atoms with Gasteiger partial charge in [-0.1, -0.05) is 36.4 Å². The second kappa shape index (κ2) is 10.3. The van der Waals surface area contributed by atoms with Crippen molar-refractivity contribution in [3.63, 3.8) is 0 Å². The molecule has 8 nitrogen and oxygen atoms in total. The Labute approximate surface area is 195 Å². The number of hydrogen-bond donors (Lipinski definition) is 3. The number of nitrogens with one attached hydrogen (secondary N) is 3. The Morgan fingerprint density at radius 3 is 2.38 bits per heavy atom. The molecule has 1 heterocycles. The summed E-state index contributed by atoms with van der Waals surface area (Å²) in [4.78, 5) is 39.3. The third-order valence-electron chi connectivity index (χ3n) is 5.30. The Morgan fingerprint density at radius 1 is 0.941 bits per heavy atom. The van der Waals surface area contributed by atoms with E-state index in [0.29, 0.717) is 24.1 Å². The first-order valence-electron chi connectivity index (χ1n) is 10.7. The first kappa shape index (κ1) is 22.5. The molecule has 0 atom stereocenters. The highest BCUT2D eigenvalue weighted by molar-refractivity contribution is 6.05. The number of carbonyl (C=O) groups is 2. The molecule has 170 valence electrons. The van der Waals surface area contributed by atoms with Crippen molar-refractivity contribution >= 4 is 34.5 Å². The molecule has 0 aliphatic carbocycles. The molecule has 3 N–H and O–H groups in total. The molecule has 0 saturated heterocycles. The molecule has 0 unspecified atom stereocenters. The monoisotopic (exact) mass is 454 g/mol. The van der Waals surface area contributed by atoms with Crippen LogP contribution in [-0.4, -0.2) is 28.3 Å². The SMILES string of the molecule is O=C(NCCc1c[nH]c2ccccc12)/C(=C/c1ccc([N+](=O)[O-])cc1)NC(=O)c1ccccc1. The topological polar surface area (TPSA) is 117 Å². The molecule has 3 aromatic carbocycles. The first-order chi connectivity index (χ1) is 16.5. The molecule has 4 rings (SSSR count). The van der Waals surface area contributed by atoms with Crippen molar-refractivity contribution in [1.29, 1.82) is 0 Å². The third kappa shape index (κ3) is 5.36. The molecule has 0 aliphatic rings. The predicted molar refractivity (Wildman–Crippen MR) is 130 cm³/mol. The molecule has 0 radical (unpaired) electrons. The smallest absolute Gasteiger partial charge is 0.269 e. The maximum Gasteiger partial charge on any atom is 0.269 e. The van der Waals surface area contributed by atoms with Gasteiger partial charge in [-0.3, -0.25) is 19.7 Å². The van der Waals surface area contributed by atoms with Gasteiger partial charge in [-0.2, -0.15) is 0 Å². The first-order valence-corrected chi connectivity index (χ1v) is 10.7. The molecule has 4 aromatic rings. The number of rotatable bonds is 8. The zero-order valence-electron chi connectivity index (χ0n) is 18.2. The van der Waals surface area contributed by atoms with Crippen molar-refractivity contribution < 1.29 is 14.5 Å². The average Bonchev–Trinajstić information content (AvgIpc) is 3.27. The number of fused-ring (bicyclic) bond motifs is 1. The largest absolute Gasteiger partial charge is 0.361 e. The molecule has 34 heavy (non-hydrogen) atoms. The normalized spacial score (nSPS) is 11.2. The minimum atomic E-state index is -0.497. The van der Waals surface area contributed by atoms with E-state index in [9.17, 15) is 19.7 Å². The Hall–Kier alpha value is -4.72. The highest BCUT2D eigenvalue weighted by Crippen LogP contribution is 2.18. The van der Waals surface area contributed by atoms with E-state index >= 15 is 0 Å². The van der Waals surface area contributed by atoms with E-state index in [-0.39, 0.29) is 11.4 Å². The van der Waals surface area contributed by atoms with E-state index in [1.807, 2.05) is 30.5 Å². The van der Waals surface area contributed by atoms with Gasteiger partial charge in [-0.05, 0) is 54.0 Å². The maximum atomic E-state index is 13.0. The summed E-state index contributed by atoms with van der Waals surface area (Å²) < 4.78 is 0. The number of benzene rings is 3. The quantitative estimate of drug-likeness (QED) is 0.210. The van der Waals surface area contributed by atoms with Crippen molar-refractivity contribution in [3.8, 4) is 0 Å². The number of H-pyrrole nitrogens is 1. The van der Waals surface area contributed by atoms with Gasteiger partial charge in [0.25, 0.3) is 17.5 Å². The van der Waals surface area contributed by atoms with Crippen LogP contribution in [0.1, 0.15) is 21.5 Å². The van der Waals surface area contributed by atoms with Gasteiger partial charge in [0.2, 0.25) is 0 Å². The van der Waals surface area contributed by atoms with E-state index in [2.05, 4.69) is 15.6 Å². The van der Waals surface area contributed by atoms with Crippen LogP contribution < -0.4 is 10.6 Å². The fourth-order valence-electron chi connectivity index (χ4n) is 3.55. The summed E-state index contributed by atoms with van der Waals surface area (Å²) in [6.45, 7) is 0.361. The fourth-order valence-corrected chi connectivity index (χ4v) is 3.55. The van der Waals surface area contributed by atoms with Crippen LogP contribution in [-0.2, 0) is 11.2 Å². The summed E-state index contributed by atoms with van der Waals surface area (Å²) in [7, 11) is 0. The summed E-state index contributed by atoms with van der Waals surface area (Å²) in [5.74, 6) is -0.886. The number of amides is 2. The Bertz CT molecular complexity index is 1360. The number of hydrogen-bond acceptors (Lipinski definition) is 4. The van der Waals surface area contributed by atoms with Crippen LogP contribution in [0.2, 0.25) is 0 Å². The van der Waals surface area contributed by atoms with Gasteiger partial charge < -0.3 is 15.6 Å². The van der Waals surface area contributed by atoms with Crippen molar-refractivity contribution in [1.82, 2.24) is 15.6 Å². The lowest BCUT2D eigenvalue weighted by Crippen LogP contribution is -2.35. The van der Waals surface area contributed by atoms with Crippen molar-refractivity contribution in [2.75, 3.05) is 6.54 Å². The fraction of sp³-hybridized carbons (Fsp3) is 0.0769. The lowest BCUT2D eigenvalue weighted by atomic mass is 10.1. The minimum absolute atomic E-state index is 0.0432. The number of nitrogens with zero attached hydrogens (tertiary/aromatic N) is 1. The van der Waals surface area contributed by atoms with Gasteiger partial charge in [0.05, 0.1) is 4.92 Å². The van der Waals surface area contributed by atoms with Gasteiger partial charge in [0.1, 0.15) is 5.70 Å². The summed E-state index contributed by atoms with van der Waals surface area (Å²) in [5.41, 5.74) is 3.03. The Morgan fingerprint density at radius 2 is 1.65 bits per heavy atom. The van der Waals surface area contributed by atoms with Gasteiger partial charge >= 0.3 is 0 Å². The minimum Gasteiger partial charge on any atom is -0.361 e. The summed E-state index contributed by atoms with van der Waals surface area (Å²) in [6.07, 6.45) is 4.01. The lowest BCUT2D eigenvalue weighted by Gasteiger charge is -2.11. The number of nitro groups is 1. The molecule has 0 saturated carbocycles. The van der Waals surface area contributed by atoms with Crippen LogP contribution in [0.3, 0.4) is 0 Å². The van der Waals surface area contributed by atoms with Gasteiger partial charge in [0.15, 0.2) is 0 Å². The van der Waals surface area contributed by atoms with Crippen molar-refractivity contribution in [2.45, 2.75) is 6.42 Å². The second-order valence-corrected chi connectivity index (χ2v) is 7.59. The van der Waals surface area contributed by atoms with Gasteiger partial charge in [-0.15, -0.1) is 0 Å². The molecule has 0 aliphatic heterocycles. The molecular formula is C26H22N4O4. The summed E-state index contributed by atoms with van der Waals surface area (Å²) in [6, 6.07) is 22.2. The molecule has 0 fully saturated rings. The second-order valence-electron chi connectivity index (χ2n) is 7.59. The zero-order valence-corrected chi connectivity index (χ0v) is 18.2. The molecule has 1 aromatic heterocycles. The van der Waals surface area contributed by atoms with Crippen LogP contribution in [0.4, 0.5) is 5.69 Å². The van der Waals surface area contributed by atoms with E-state index < -0.39 is 16.7 Å². The molecule has 0 spiro atoms. The van der Waals surface area contributed by atoms with E-state index in [0.717, 1.165) is 16.5 Å². The molecular weight excluding hydrogens is 432 g/mol. The van der Waals surface area contributed by atoms with Gasteiger partial charge in [-0.25, -0.2) is 0 Å². The zero-order chi connectivity index (χ0) is 23.9. The highest BCUT2D eigenvalue weighted by atomic mass is 16.6. The van der Waals surface area contributed by atoms with Crippen LogP contribution in [0.5, 0.6) is 0 Å². The highest BCUT2D eigenvalue weighted by Gasteiger charge is 2.15. The Balaban J connectivity index is 1.50. The number of aromatic nitrogens is 1. The van der Waals surface area contributed by atoms with Gasteiger partial charge in [0, 0.05) is 41.3 Å². The van der Waals surface area contributed by atoms with E-state index in [1.165, 1.54) is 30.3 Å². The van der Waals surface area contributed by atoms with E-state index in [1.54, 1.807) is 30.3 Å². The maximum absolute atomic E-state index is 13.0. The number of carbonyl (C=O) groups excluding carboxylic acids is 2. The lowest BCUT2D eigenvalue weighted by molar-refractivity contribution is -0.384. The predicted octanol–water partition coefficient (Wildman–Crippen LogP) is 4.21. The van der Waals surface area contributed by atoms with Crippen molar-refractivity contribution in [3.05, 3.63) is 118 Å². The average molecular weight is 454 g/mol. The number of aromatic amines is 1. The number of para-hydroxylation sites is 1. The number of nitro benzene ring substituents is 1. The molecule has 2 amide bonds. The van der Waals surface area contributed by atoms with Crippen LogP contribution in [0.15, 0.2) is 90.8 Å².